The van der Waals surface area contributed by atoms with Gasteiger partial charge in [0.05, 0.1) is 14.2 Å². The smallest absolute Gasteiger partial charge is 0.150 e. The molecule has 0 bridgehead atoms. The van der Waals surface area contributed by atoms with Gasteiger partial charge in [0, 0.05) is 16.1 Å². The Balaban J connectivity index is 2.72. The Kier molecular flexibility index (Phi) is 4.68. The van der Waals surface area contributed by atoms with Crippen LogP contribution < -0.4 is 9.47 Å². The molecule has 0 aliphatic heterocycles. The van der Waals surface area contributed by atoms with Crippen LogP contribution in [-0.2, 0) is 0 Å². The first-order valence-corrected chi connectivity index (χ1v) is 6.95. The van der Waals surface area contributed by atoms with Gasteiger partial charge < -0.3 is 9.47 Å². The fourth-order valence-electron chi connectivity index (χ4n) is 1.97. The van der Waals surface area contributed by atoms with Gasteiger partial charge in [-0.15, -0.1) is 0 Å². The van der Waals surface area contributed by atoms with E-state index in [2.05, 4.69) is 15.9 Å². The number of aldehydes is 1. The number of rotatable bonds is 4. The molecule has 0 aliphatic carbocycles. The van der Waals surface area contributed by atoms with Crippen LogP contribution in [0.3, 0.4) is 0 Å². The normalized spacial score (nSPS) is 10.2. The Hall–Kier alpha value is -1.52. The van der Waals surface area contributed by atoms with Crippen LogP contribution in [0, 0.1) is 0 Å². The van der Waals surface area contributed by atoms with Crippen molar-refractivity contribution < 1.29 is 14.3 Å². The highest BCUT2D eigenvalue weighted by Crippen LogP contribution is 2.43. The molecule has 0 spiro atoms. The van der Waals surface area contributed by atoms with Crippen LogP contribution in [0.2, 0.25) is 5.02 Å². The number of ether oxygens (including phenoxy) is 2. The summed E-state index contributed by atoms with van der Waals surface area (Å²) in [6, 6.07) is 8.74. The highest BCUT2D eigenvalue weighted by atomic mass is 79.9. The molecule has 0 radical (unpaired) electrons. The molecule has 0 atom stereocenters. The molecule has 0 N–H and O–H groups in total. The Morgan fingerprint density at radius 1 is 1.10 bits per heavy atom. The van der Waals surface area contributed by atoms with E-state index in [1.165, 1.54) is 0 Å². The van der Waals surface area contributed by atoms with Crippen molar-refractivity contribution in [2.75, 3.05) is 14.2 Å². The molecule has 0 saturated heterocycles. The standard InChI is InChI=1S/C15H12BrClO3/c1-19-13-6-5-11(15(20-2)14(13)16)12-7-10(17)4-3-9(12)8-18/h3-8H,1-2H3. The van der Waals surface area contributed by atoms with Crippen molar-refractivity contribution in [1.82, 2.24) is 0 Å². The van der Waals surface area contributed by atoms with Crippen LogP contribution in [0.15, 0.2) is 34.8 Å². The number of hydrogen-bond acceptors (Lipinski definition) is 3. The molecule has 104 valence electrons. The van der Waals surface area contributed by atoms with Crippen molar-refractivity contribution in [2.24, 2.45) is 0 Å². The highest BCUT2D eigenvalue weighted by molar-refractivity contribution is 9.10. The second-order valence-electron chi connectivity index (χ2n) is 4.01. The van der Waals surface area contributed by atoms with Gasteiger partial charge in [0.25, 0.3) is 0 Å². The van der Waals surface area contributed by atoms with Gasteiger partial charge >= 0.3 is 0 Å². The molecule has 2 aromatic carbocycles. The maximum Gasteiger partial charge on any atom is 0.150 e. The van der Waals surface area contributed by atoms with Gasteiger partial charge in [-0.1, -0.05) is 11.6 Å². The molecule has 2 rings (SSSR count). The third kappa shape index (κ3) is 2.67. The number of benzene rings is 2. The Morgan fingerprint density at radius 3 is 2.45 bits per heavy atom. The molecule has 20 heavy (non-hydrogen) atoms. The molecule has 0 aliphatic rings. The van der Waals surface area contributed by atoms with Crippen LogP contribution in [0.5, 0.6) is 11.5 Å². The van der Waals surface area contributed by atoms with Gasteiger partial charge in [-0.05, 0) is 51.8 Å². The first kappa shape index (κ1) is 14.9. The van der Waals surface area contributed by atoms with E-state index >= 15 is 0 Å². The number of halogens is 2. The van der Waals surface area contributed by atoms with Crippen molar-refractivity contribution >= 4 is 33.8 Å². The predicted molar refractivity (Wildman–Crippen MR) is 83.1 cm³/mol. The highest BCUT2D eigenvalue weighted by Gasteiger charge is 2.16. The Labute approximate surface area is 130 Å². The monoisotopic (exact) mass is 354 g/mol. The summed E-state index contributed by atoms with van der Waals surface area (Å²) in [7, 11) is 3.14. The minimum atomic E-state index is 0.546. The Morgan fingerprint density at radius 2 is 1.85 bits per heavy atom. The topological polar surface area (TPSA) is 35.5 Å². The summed E-state index contributed by atoms with van der Waals surface area (Å²) in [5, 5.41) is 0.555. The fraction of sp³-hybridized carbons (Fsp3) is 0.133. The van der Waals surface area contributed by atoms with Gasteiger partial charge in [0.1, 0.15) is 16.0 Å². The van der Waals surface area contributed by atoms with Crippen LogP contribution in [-0.4, -0.2) is 20.5 Å². The van der Waals surface area contributed by atoms with E-state index in [9.17, 15) is 4.79 Å². The minimum Gasteiger partial charge on any atom is -0.495 e. The van der Waals surface area contributed by atoms with Gasteiger partial charge in [-0.25, -0.2) is 0 Å². The summed E-state index contributed by atoms with van der Waals surface area (Å²) in [5.74, 6) is 1.25. The van der Waals surface area contributed by atoms with Crippen molar-refractivity contribution in [3.63, 3.8) is 0 Å². The van der Waals surface area contributed by atoms with Crippen molar-refractivity contribution in [3.8, 4) is 22.6 Å². The van der Waals surface area contributed by atoms with E-state index < -0.39 is 0 Å². The maximum absolute atomic E-state index is 11.2. The van der Waals surface area contributed by atoms with Crippen molar-refractivity contribution in [2.45, 2.75) is 0 Å². The lowest BCUT2D eigenvalue weighted by atomic mass is 9.99. The first-order valence-electron chi connectivity index (χ1n) is 5.78. The van der Waals surface area contributed by atoms with Crippen LogP contribution in [0.25, 0.3) is 11.1 Å². The second kappa shape index (κ2) is 6.29. The number of hydrogen-bond donors (Lipinski definition) is 0. The molecule has 0 unspecified atom stereocenters. The molecule has 0 fully saturated rings. The lowest BCUT2D eigenvalue weighted by Gasteiger charge is -2.15. The van der Waals surface area contributed by atoms with E-state index in [0.29, 0.717) is 32.1 Å². The number of carbonyl (C=O) groups excluding carboxylic acids is 1. The number of carbonyl (C=O) groups is 1. The molecular formula is C15H12BrClO3. The van der Waals surface area contributed by atoms with Crippen LogP contribution in [0.1, 0.15) is 10.4 Å². The van der Waals surface area contributed by atoms with Gasteiger partial charge in [0.15, 0.2) is 6.29 Å². The predicted octanol–water partition coefficient (Wildman–Crippen LogP) is 4.60. The summed E-state index contributed by atoms with van der Waals surface area (Å²) in [6.45, 7) is 0. The van der Waals surface area contributed by atoms with E-state index in [-0.39, 0.29) is 0 Å². The van der Waals surface area contributed by atoms with E-state index in [1.54, 1.807) is 38.5 Å². The third-order valence-electron chi connectivity index (χ3n) is 2.92. The van der Waals surface area contributed by atoms with Crippen molar-refractivity contribution in [1.29, 1.82) is 0 Å². The molecule has 0 amide bonds. The third-order valence-corrected chi connectivity index (χ3v) is 3.90. The van der Waals surface area contributed by atoms with E-state index in [1.807, 2.05) is 6.07 Å². The largest absolute Gasteiger partial charge is 0.495 e. The van der Waals surface area contributed by atoms with Gasteiger partial charge in [-0.3, -0.25) is 4.79 Å². The second-order valence-corrected chi connectivity index (χ2v) is 5.24. The van der Waals surface area contributed by atoms with Crippen molar-refractivity contribution in [3.05, 3.63) is 45.4 Å². The zero-order valence-corrected chi connectivity index (χ0v) is 13.3. The van der Waals surface area contributed by atoms with Crippen LogP contribution >= 0.6 is 27.5 Å². The zero-order valence-electron chi connectivity index (χ0n) is 10.9. The quantitative estimate of drug-likeness (QED) is 0.752. The Bertz CT molecular complexity index is 656. The number of methoxy groups -OCH3 is 2. The summed E-state index contributed by atoms with van der Waals surface area (Å²) in [5.41, 5.74) is 2.03. The summed E-state index contributed by atoms with van der Waals surface area (Å²) < 4.78 is 11.4. The SMILES string of the molecule is COc1ccc(-c2cc(Cl)ccc2C=O)c(OC)c1Br. The van der Waals surface area contributed by atoms with E-state index in [0.717, 1.165) is 11.8 Å². The summed E-state index contributed by atoms with van der Waals surface area (Å²) in [4.78, 5) is 11.2. The molecule has 5 heteroatoms. The molecule has 0 heterocycles. The zero-order chi connectivity index (χ0) is 14.7. The molecule has 0 aromatic heterocycles. The molecular weight excluding hydrogens is 344 g/mol. The lowest BCUT2D eigenvalue weighted by Crippen LogP contribution is -1.95. The summed E-state index contributed by atoms with van der Waals surface area (Å²) >= 11 is 9.47. The fourth-order valence-corrected chi connectivity index (χ4v) is 2.81. The van der Waals surface area contributed by atoms with E-state index in [4.69, 9.17) is 21.1 Å². The first-order chi connectivity index (χ1) is 9.62. The van der Waals surface area contributed by atoms with Gasteiger partial charge in [-0.2, -0.15) is 0 Å². The molecule has 0 saturated carbocycles. The van der Waals surface area contributed by atoms with Gasteiger partial charge in [0.2, 0.25) is 0 Å². The summed E-state index contributed by atoms with van der Waals surface area (Å²) in [6.07, 6.45) is 0.795. The molecule has 2 aromatic rings. The average Bonchev–Trinajstić information content (AvgIpc) is 2.46. The van der Waals surface area contributed by atoms with Crippen LogP contribution in [0.4, 0.5) is 0 Å². The average molecular weight is 356 g/mol. The lowest BCUT2D eigenvalue weighted by molar-refractivity contribution is 0.112. The maximum atomic E-state index is 11.2. The molecule has 3 nitrogen and oxygen atoms in total. The minimum absolute atomic E-state index is 0.546.